The monoisotopic (exact) mass is 395 g/mol. The Morgan fingerprint density at radius 3 is 2.63 bits per heavy atom. The summed E-state index contributed by atoms with van der Waals surface area (Å²) in [6.07, 6.45) is 5.12. The molecule has 3 N–H and O–H groups in total. The van der Waals surface area contributed by atoms with Gasteiger partial charge in [0, 0.05) is 18.1 Å². The molecule has 0 unspecified atom stereocenters. The third kappa shape index (κ3) is 3.41. The predicted octanol–water partition coefficient (Wildman–Crippen LogP) is 3.93. The normalized spacial score (nSPS) is 11.2. The van der Waals surface area contributed by atoms with E-state index in [0.717, 1.165) is 33.2 Å². The molecule has 0 amide bonds. The molecule has 0 aliphatic heterocycles. The lowest BCUT2D eigenvalue weighted by Gasteiger charge is -2.09. The van der Waals surface area contributed by atoms with Crippen molar-refractivity contribution < 1.29 is 0 Å². The summed E-state index contributed by atoms with van der Waals surface area (Å²) in [5, 5.41) is 10.9. The van der Waals surface area contributed by atoms with Crippen LogP contribution < -0.4 is 11.1 Å². The zero-order valence-corrected chi connectivity index (χ0v) is 16.6. The molecule has 0 spiro atoms. The number of anilines is 2. The number of nitrogens with one attached hydrogen (secondary N) is 1. The number of pyridine rings is 1. The van der Waals surface area contributed by atoms with E-state index in [4.69, 9.17) is 5.73 Å². The maximum Gasteiger partial charge on any atom is 0.163 e. The Morgan fingerprint density at radius 1 is 0.933 bits per heavy atom. The molecule has 7 heteroatoms. The van der Waals surface area contributed by atoms with Crippen molar-refractivity contribution in [2.45, 2.75) is 20.0 Å². The number of aromatic nitrogens is 5. The van der Waals surface area contributed by atoms with Gasteiger partial charge in [-0.2, -0.15) is 5.10 Å². The highest BCUT2D eigenvalue weighted by molar-refractivity contribution is 5.91. The van der Waals surface area contributed by atoms with Gasteiger partial charge in [-0.15, -0.1) is 0 Å². The molecule has 5 rings (SSSR count). The average molecular weight is 395 g/mol. The fourth-order valence-corrected chi connectivity index (χ4v) is 3.56. The van der Waals surface area contributed by atoms with Gasteiger partial charge < -0.3 is 11.1 Å². The van der Waals surface area contributed by atoms with Crippen molar-refractivity contribution in [2.75, 3.05) is 11.1 Å². The van der Waals surface area contributed by atoms with Crippen molar-refractivity contribution in [3.63, 3.8) is 0 Å². The highest BCUT2D eigenvalue weighted by Gasteiger charge is 2.10. The molecular weight excluding hydrogens is 374 g/mol. The predicted molar refractivity (Wildman–Crippen MR) is 119 cm³/mol. The Hall–Kier alpha value is -4.00. The lowest BCUT2D eigenvalue weighted by molar-refractivity contribution is 0.703. The number of nitrogens with two attached hydrogens (primary N) is 1. The van der Waals surface area contributed by atoms with Crippen LogP contribution in [-0.2, 0) is 13.1 Å². The number of nitrogen functional groups attached to an aromatic ring is 1. The molecule has 148 valence electrons. The minimum absolute atomic E-state index is 0.547. The number of nitrogens with zero attached hydrogens (tertiary/aromatic N) is 5. The molecule has 0 saturated heterocycles. The van der Waals surface area contributed by atoms with Crippen LogP contribution in [0.25, 0.3) is 21.8 Å². The molecule has 3 aromatic heterocycles. The fourth-order valence-electron chi connectivity index (χ4n) is 3.56. The van der Waals surface area contributed by atoms with E-state index in [1.807, 2.05) is 29.1 Å². The number of hydrogen-bond acceptors (Lipinski definition) is 6. The topological polar surface area (TPSA) is 94.5 Å². The average Bonchev–Trinajstić information content (AvgIpc) is 3.17. The van der Waals surface area contributed by atoms with E-state index >= 15 is 0 Å². The molecule has 0 radical (unpaired) electrons. The summed E-state index contributed by atoms with van der Waals surface area (Å²) >= 11 is 0. The first-order valence-corrected chi connectivity index (χ1v) is 9.76. The summed E-state index contributed by atoms with van der Waals surface area (Å²) in [7, 11) is 0. The number of hydrogen-bond donors (Lipinski definition) is 2. The molecule has 2 aromatic carbocycles. The first kappa shape index (κ1) is 18.1. The van der Waals surface area contributed by atoms with E-state index in [0.29, 0.717) is 18.9 Å². The molecule has 30 heavy (non-hydrogen) atoms. The van der Waals surface area contributed by atoms with Gasteiger partial charge in [-0.05, 0) is 35.6 Å². The van der Waals surface area contributed by atoms with Crippen molar-refractivity contribution in [3.8, 4) is 0 Å². The quantitative estimate of drug-likeness (QED) is 0.468. The van der Waals surface area contributed by atoms with Crippen LogP contribution in [0.15, 0.2) is 67.3 Å². The van der Waals surface area contributed by atoms with Gasteiger partial charge >= 0.3 is 0 Å². The van der Waals surface area contributed by atoms with Gasteiger partial charge in [0.25, 0.3) is 0 Å². The fraction of sp³-hybridized carbons (Fsp3) is 0.130. The van der Waals surface area contributed by atoms with Gasteiger partial charge in [0.05, 0.1) is 18.1 Å². The Bertz CT molecular complexity index is 1340. The molecule has 0 bridgehead atoms. The summed E-state index contributed by atoms with van der Waals surface area (Å²) < 4.78 is 1.90. The molecule has 5 aromatic rings. The Morgan fingerprint density at radius 2 is 1.77 bits per heavy atom. The minimum atomic E-state index is 0.547. The number of aryl methyl sites for hydroxylation is 1. The van der Waals surface area contributed by atoms with E-state index < -0.39 is 0 Å². The van der Waals surface area contributed by atoms with Gasteiger partial charge in [0.15, 0.2) is 5.65 Å². The van der Waals surface area contributed by atoms with Crippen LogP contribution in [0.2, 0.25) is 0 Å². The van der Waals surface area contributed by atoms with Crippen LogP contribution >= 0.6 is 0 Å². The maximum atomic E-state index is 5.95. The van der Waals surface area contributed by atoms with Gasteiger partial charge in [0.2, 0.25) is 0 Å². The zero-order chi connectivity index (χ0) is 20.5. The Balaban J connectivity index is 1.38. The smallest absolute Gasteiger partial charge is 0.163 e. The van der Waals surface area contributed by atoms with Crippen molar-refractivity contribution in [3.05, 3.63) is 83.9 Å². The van der Waals surface area contributed by atoms with E-state index in [2.05, 4.69) is 62.6 Å². The second-order valence-corrected chi connectivity index (χ2v) is 7.35. The molecule has 0 aliphatic rings. The molecule has 0 aliphatic carbocycles. The number of rotatable bonds is 5. The Labute approximate surface area is 173 Å². The summed E-state index contributed by atoms with van der Waals surface area (Å²) in [5.41, 5.74) is 10.3. The standard InChI is InChI=1S/C23H21N7/c1-15-2-4-16(5-3-15)13-30-23-20(12-29-30)22(27-14-28-23)26-11-17-6-7-19-18(10-17)8-9-25-21(19)24/h2-10,12,14H,11,13H2,1H3,(H2,24,25)(H,26,27,28). The molecule has 0 fully saturated rings. The minimum Gasteiger partial charge on any atom is -0.383 e. The second kappa shape index (κ2) is 7.44. The summed E-state index contributed by atoms with van der Waals surface area (Å²) in [4.78, 5) is 13.0. The summed E-state index contributed by atoms with van der Waals surface area (Å²) in [6.45, 7) is 3.38. The number of benzene rings is 2. The lowest BCUT2D eigenvalue weighted by atomic mass is 10.1. The molecule has 7 nitrogen and oxygen atoms in total. The highest BCUT2D eigenvalue weighted by atomic mass is 15.3. The molecule has 3 heterocycles. The first-order chi connectivity index (χ1) is 14.7. The van der Waals surface area contributed by atoms with Gasteiger partial charge in [-0.1, -0.05) is 42.0 Å². The maximum absolute atomic E-state index is 5.95. The van der Waals surface area contributed by atoms with Crippen molar-refractivity contribution in [2.24, 2.45) is 0 Å². The molecular formula is C23H21N7. The number of fused-ring (bicyclic) bond motifs is 2. The second-order valence-electron chi connectivity index (χ2n) is 7.35. The van der Waals surface area contributed by atoms with Crippen LogP contribution in [-0.4, -0.2) is 24.7 Å². The van der Waals surface area contributed by atoms with Crippen LogP contribution in [0.3, 0.4) is 0 Å². The van der Waals surface area contributed by atoms with Crippen molar-refractivity contribution in [1.29, 1.82) is 0 Å². The SMILES string of the molecule is Cc1ccc(Cn2ncc3c(NCc4ccc5c(N)nccc5c4)ncnc32)cc1. The van der Waals surface area contributed by atoms with E-state index in [1.54, 1.807) is 12.5 Å². The Kier molecular flexibility index (Phi) is 4.48. The molecule has 0 saturated carbocycles. The summed E-state index contributed by atoms with van der Waals surface area (Å²) in [5.74, 6) is 1.31. The van der Waals surface area contributed by atoms with Gasteiger partial charge in [0.1, 0.15) is 18.0 Å². The summed E-state index contributed by atoms with van der Waals surface area (Å²) in [6, 6.07) is 16.6. The van der Waals surface area contributed by atoms with Crippen molar-refractivity contribution in [1.82, 2.24) is 24.7 Å². The van der Waals surface area contributed by atoms with Crippen molar-refractivity contribution >= 4 is 33.4 Å². The van der Waals surface area contributed by atoms with E-state index in [1.165, 1.54) is 11.1 Å². The van der Waals surface area contributed by atoms with Crippen LogP contribution in [0.4, 0.5) is 11.6 Å². The lowest BCUT2D eigenvalue weighted by Crippen LogP contribution is -2.05. The van der Waals surface area contributed by atoms with E-state index in [9.17, 15) is 0 Å². The molecule has 0 atom stereocenters. The first-order valence-electron chi connectivity index (χ1n) is 9.76. The van der Waals surface area contributed by atoms with Crippen LogP contribution in [0.1, 0.15) is 16.7 Å². The third-order valence-corrected chi connectivity index (χ3v) is 5.21. The van der Waals surface area contributed by atoms with Gasteiger partial charge in [-0.25, -0.2) is 19.6 Å². The van der Waals surface area contributed by atoms with Crippen LogP contribution in [0, 0.1) is 6.92 Å². The van der Waals surface area contributed by atoms with Crippen LogP contribution in [0.5, 0.6) is 0 Å². The third-order valence-electron chi connectivity index (χ3n) is 5.21. The zero-order valence-electron chi connectivity index (χ0n) is 16.6. The highest BCUT2D eigenvalue weighted by Crippen LogP contribution is 2.23. The van der Waals surface area contributed by atoms with Gasteiger partial charge in [-0.3, -0.25) is 0 Å². The van der Waals surface area contributed by atoms with E-state index in [-0.39, 0.29) is 0 Å². The largest absolute Gasteiger partial charge is 0.383 e.